The van der Waals surface area contributed by atoms with Crippen molar-refractivity contribution in [1.29, 1.82) is 0 Å². The van der Waals surface area contributed by atoms with Gasteiger partial charge >= 0.3 is 6.09 Å². The molecule has 1 rings (SSSR count). The lowest BCUT2D eigenvalue weighted by Crippen LogP contribution is -2.48. The highest BCUT2D eigenvalue weighted by atomic mass is 16.6. The summed E-state index contributed by atoms with van der Waals surface area (Å²) in [5, 5.41) is 13.2. The fourth-order valence-corrected chi connectivity index (χ4v) is 3.35. The molecular formula is C18H36N2O3. The molecule has 1 amide bonds. The van der Waals surface area contributed by atoms with Crippen molar-refractivity contribution < 1.29 is 14.6 Å². The molecule has 0 heterocycles. The highest BCUT2D eigenvalue weighted by molar-refractivity contribution is 5.68. The minimum absolute atomic E-state index is 0.298. The van der Waals surface area contributed by atoms with Gasteiger partial charge in [0.15, 0.2) is 0 Å². The fourth-order valence-electron chi connectivity index (χ4n) is 3.35. The monoisotopic (exact) mass is 328 g/mol. The summed E-state index contributed by atoms with van der Waals surface area (Å²) in [4.78, 5) is 13.9. The number of rotatable bonds is 6. The molecule has 0 bridgehead atoms. The second-order valence-corrected chi connectivity index (χ2v) is 8.14. The molecule has 1 saturated carbocycles. The van der Waals surface area contributed by atoms with E-state index in [4.69, 9.17) is 4.74 Å². The molecule has 0 aromatic heterocycles. The van der Waals surface area contributed by atoms with E-state index in [1.54, 1.807) is 11.8 Å². The first-order valence-corrected chi connectivity index (χ1v) is 8.99. The number of carbonyl (C=O) groups excluding carboxylic acids is 1. The quantitative estimate of drug-likeness (QED) is 0.787. The molecule has 1 aliphatic rings. The Morgan fingerprint density at radius 3 is 2.35 bits per heavy atom. The second kappa shape index (κ2) is 8.88. The zero-order valence-electron chi connectivity index (χ0n) is 15.8. The minimum Gasteiger partial charge on any atom is -0.444 e. The summed E-state index contributed by atoms with van der Waals surface area (Å²) in [6.45, 7) is 13.4. The molecule has 3 atom stereocenters. The maximum Gasteiger partial charge on any atom is 0.410 e. The number of aliphatic hydroxyl groups excluding tert-OH is 1. The zero-order valence-corrected chi connectivity index (χ0v) is 15.8. The summed E-state index contributed by atoms with van der Waals surface area (Å²) < 4.78 is 5.43. The van der Waals surface area contributed by atoms with Crippen LogP contribution in [0.15, 0.2) is 0 Å². The van der Waals surface area contributed by atoms with E-state index < -0.39 is 11.7 Å². The fraction of sp³-hybridized carbons (Fsp3) is 0.944. The van der Waals surface area contributed by atoms with Crippen LogP contribution in [0.2, 0.25) is 0 Å². The average Bonchev–Trinajstić information content (AvgIpc) is 2.38. The third-order valence-corrected chi connectivity index (χ3v) is 4.44. The van der Waals surface area contributed by atoms with Gasteiger partial charge in [-0.2, -0.15) is 0 Å². The van der Waals surface area contributed by atoms with Crippen LogP contribution in [0.25, 0.3) is 0 Å². The molecule has 1 fully saturated rings. The van der Waals surface area contributed by atoms with E-state index in [1.165, 1.54) is 19.3 Å². The van der Waals surface area contributed by atoms with Gasteiger partial charge in [-0.3, -0.25) is 0 Å². The Morgan fingerprint density at radius 2 is 1.87 bits per heavy atom. The second-order valence-electron chi connectivity index (χ2n) is 8.14. The Balaban J connectivity index is 2.52. The van der Waals surface area contributed by atoms with Gasteiger partial charge in [0.25, 0.3) is 0 Å². The molecule has 23 heavy (non-hydrogen) atoms. The molecule has 0 aromatic rings. The van der Waals surface area contributed by atoms with Crippen LogP contribution in [0.5, 0.6) is 0 Å². The summed E-state index contributed by atoms with van der Waals surface area (Å²) in [5.41, 5.74) is -0.520. The molecule has 0 aromatic carbocycles. The largest absolute Gasteiger partial charge is 0.444 e. The summed E-state index contributed by atoms with van der Waals surface area (Å²) in [7, 11) is 0. The predicted octanol–water partition coefficient (Wildman–Crippen LogP) is 3.02. The van der Waals surface area contributed by atoms with Crippen LogP contribution < -0.4 is 5.32 Å². The molecule has 0 aliphatic heterocycles. The molecular weight excluding hydrogens is 292 g/mol. The molecule has 5 nitrogen and oxygen atoms in total. The minimum atomic E-state index is -0.560. The van der Waals surface area contributed by atoms with E-state index in [0.29, 0.717) is 31.0 Å². The number of ether oxygens (including phenoxy) is 1. The van der Waals surface area contributed by atoms with Gasteiger partial charge in [-0.05, 0) is 52.4 Å². The number of hydrogen-bond donors (Lipinski definition) is 2. The van der Waals surface area contributed by atoms with Crippen LogP contribution in [-0.2, 0) is 4.74 Å². The SMILES string of the molecule is CC(O)CN(CCNC1C(C)CCCC1C)C(=O)OC(C)(C)C. The van der Waals surface area contributed by atoms with Crippen molar-refractivity contribution >= 4 is 6.09 Å². The Hall–Kier alpha value is -0.810. The third kappa shape index (κ3) is 7.53. The summed E-state index contributed by atoms with van der Waals surface area (Å²) in [6, 6.07) is 0.510. The number of amides is 1. The van der Waals surface area contributed by atoms with E-state index in [0.717, 1.165) is 6.54 Å². The maximum atomic E-state index is 12.3. The van der Waals surface area contributed by atoms with Gasteiger partial charge in [0.2, 0.25) is 0 Å². The molecule has 2 N–H and O–H groups in total. The predicted molar refractivity (Wildman–Crippen MR) is 93.5 cm³/mol. The van der Waals surface area contributed by atoms with E-state index in [9.17, 15) is 9.90 Å². The first-order chi connectivity index (χ1) is 10.6. The van der Waals surface area contributed by atoms with Crippen LogP contribution in [0, 0.1) is 11.8 Å². The van der Waals surface area contributed by atoms with Gasteiger partial charge in [-0.1, -0.05) is 20.3 Å². The summed E-state index contributed by atoms with van der Waals surface area (Å²) in [5.74, 6) is 1.34. The Kier molecular flexibility index (Phi) is 7.81. The molecule has 1 aliphatic carbocycles. The van der Waals surface area contributed by atoms with Crippen molar-refractivity contribution in [3.05, 3.63) is 0 Å². The molecule has 0 spiro atoms. The molecule has 0 radical (unpaired) electrons. The van der Waals surface area contributed by atoms with Crippen molar-refractivity contribution in [3.63, 3.8) is 0 Å². The van der Waals surface area contributed by atoms with Crippen molar-refractivity contribution in [1.82, 2.24) is 10.2 Å². The first-order valence-electron chi connectivity index (χ1n) is 8.99. The van der Waals surface area contributed by atoms with Crippen molar-refractivity contribution in [3.8, 4) is 0 Å². The Bertz CT molecular complexity index is 356. The summed E-state index contributed by atoms with van der Waals surface area (Å²) >= 11 is 0. The van der Waals surface area contributed by atoms with Crippen LogP contribution in [0.4, 0.5) is 4.79 Å². The van der Waals surface area contributed by atoms with Crippen molar-refractivity contribution in [2.75, 3.05) is 19.6 Å². The topological polar surface area (TPSA) is 61.8 Å². The van der Waals surface area contributed by atoms with Gasteiger partial charge in [-0.15, -0.1) is 0 Å². The van der Waals surface area contributed by atoms with Gasteiger partial charge in [0.05, 0.1) is 6.10 Å². The number of carbonyl (C=O) groups is 1. The molecule has 136 valence electrons. The van der Waals surface area contributed by atoms with E-state index in [1.807, 2.05) is 20.8 Å². The standard InChI is InChI=1S/C18H36N2O3/c1-13-8-7-9-14(2)16(13)19-10-11-20(12-15(3)21)17(22)23-18(4,5)6/h13-16,19,21H,7-12H2,1-6H3. The first kappa shape index (κ1) is 20.2. The van der Waals surface area contributed by atoms with E-state index in [2.05, 4.69) is 19.2 Å². The number of aliphatic hydroxyl groups is 1. The van der Waals surface area contributed by atoms with Gasteiger partial charge in [0, 0.05) is 25.7 Å². The van der Waals surface area contributed by atoms with Gasteiger partial charge in [0.1, 0.15) is 5.60 Å². The maximum absolute atomic E-state index is 12.3. The number of nitrogens with zero attached hydrogens (tertiary/aromatic N) is 1. The highest BCUT2D eigenvalue weighted by Gasteiger charge is 2.28. The van der Waals surface area contributed by atoms with E-state index in [-0.39, 0.29) is 6.09 Å². The van der Waals surface area contributed by atoms with Gasteiger partial charge < -0.3 is 20.1 Å². The lowest BCUT2D eigenvalue weighted by Gasteiger charge is -2.36. The van der Waals surface area contributed by atoms with Gasteiger partial charge in [-0.25, -0.2) is 4.79 Å². The number of hydrogen-bond acceptors (Lipinski definition) is 4. The normalized spacial score (nSPS) is 26.7. The van der Waals surface area contributed by atoms with Crippen LogP contribution in [0.3, 0.4) is 0 Å². The average molecular weight is 328 g/mol. The van der Waals surface area contributed by atoms with Crippen LogP contribution in [0.1, 0.15) is 60.8 Å². The lowest BCUT2D eigenvalue weighted by molar-refractivity contribution is 0.0160. The molecule has 5 heteroatoms. The smallest absolute Gasteiger partial charge is 0.410 e. The Labute approximate surface area is 141 Å². The summed E-state index contributed by atoms with van der Waals surface area (Å²) in [6.07, 6.45) is 2.93. The van der Waals surface area contributed by atoms with Crippen molar-refractivity contribution in [2.24, 2.45) is 11.8 Å². The van der Waals surface area contributed by atoms with E-state index >= 15 is 0 Å². The van der Waals surface area contributed by atoms with Crippen LogP contribution >= 0.6 is 0 Å². The number of nitrogens with one attached hydrogen (secondary N) is 1. The Morgan fingerprint density at radius 1 is 1.30 bits per heavy atom. The molecule has 3 unspecified atom stereocenters. The third-order valence-electron chi connectivity index (χ3n) is 4.44. The molecule has 0 saturated heterocycles. The van der Waals surface area contributed by atoms with Crippen molar-refractivity contribution in [2.45, 2.75) is 78.6 Å². The lowest BCUT2D eigenvalue weighted by atomic mass is 9.79. The van der Waals surface area contributed by atoms with Crippen LogP contribution in [-0.4, -0.2) is 53.5 Å². The zero-order chi connectivity index (χ0) is 17.6. The highest BCUT2D eigenvalue weighted by Crippen LogP contribution is 2.28.